The van der Waals surface area contributed by atoms with Gasteiger partial charge in [0.25, 0.3) is 0 Å². The molecule has 2 nitrogen and oxygen atoms in total. The van der Waals surface area contributed by atoms with Crippen molar-refractivity contribution in [2.45, 2.75) is 33.1 Å². The molecule has 0 amide bonds. The monoisotopic (exact) mass is 233 g/mol. The number of hydrogen-bond acceptors (Lipinski definition) is 2. The third kappa shape index (κ3) is 3.01. The Balaban J connectivity index is 1.91. The molecule has 0 bridgehead atoms. The summed E-state index contributed by atoms with van der Waals surface area (Å²) < 4.78 is 5.52. The summed E-state index contributed by atoms with van der Waals surface area (Å²) in [7, 11) is 0. The maximum absolute atomic E-state index is 5.70. The molecule has 1 aromatic rings. The maximum atomic E-state index is 5.70. The van der Waals surface area contributed by atoms with Gasteiger partial charge in [0.15, 0.2) is 0 Å². The highest BCUT2D eigenvalue weighted by Gasteiger charge is 2.13. The maximum Gasteiger partial charge on any atom is 0.122 e. The van der Waals surface area contributed by atoms with E-state index in [1.54, 1.807) is 0 Å². The lowest BCUT2D eigenvalue weighted by Gasteiger charge is -2.17. The topological polar surface area (TPSA) is 35.2 Å². The fourth-order valence-electron chi connectivity index (χ4n) is 2.31. The molecule has 1 aliphatic heterocycles. The van der Waals surface area contributed by atoms with Gasteiger partial charge in [-0.3, -0.25) is 0 Å². The van der Waals surface area contributed by atoms with Crippen molar-refractivity contribution >= 4 is 0 Å². The number of hydrogen-bond donors (Lipinski definition) is 1. The third-order valence-corrected chi connectivity index (χ3v) is 3.99. The van der Waals surface area contributed by atoms with Crippen LogP contribution in [-0.4, -0.2) is 13.2 Å². The minimum atomic E-state index is 0.618. The van der Waals surface area contributed by atoms with Gasteiger partial charge in [0.05, 0.1) is 6.61 Å². The smallest absolute Gasteiger partial charge is 0.122 e. The molecule has 0 saturated heterocycles. The van der Waals surface area contributed by atoms with Crippen LogP contribution in [0.3, 0.4) is 0 Å². The van der Waals surface area contributed by atoms with E-state index >= 15 is 0 Å². The van der Waals surface area contributed by atoms with Gasteiger partial charge in [0.1, 0.15) is 5.75 Å². The molecule has 2 N–H and O–H groups in total. The SMILES string of the molecule is CC(CN)C(C)CCc1ccc2c(c1)CCO2. The molecular weight excluding hydrogens is 210 g/mol. The van der Waals surface area contributed by atoms with Crippen LogP contribution in [0.5, 0.6) is 5.75 Å². The van der Waals surface area contributed by atoms with Crippen LogP contribution >= 0.6 is 0 Å². The van der Waals surface area contributed by atoms with E-state index in [0.29, 0.717) is 11.8 Å². The van der Waals surface area contributed by atoms with Gasteiger partial charge in [-0.2, -0.15) is 0 Å². The predicted molar refractivity (Wildman–Crippen MR) is 71.3 cm³/mol. The van der Waals surface area contributed by atoms with Gasteiger partial charge < -0.3 is 10.5 Å². The lowest BCUT2D eigenvalue weighted by molar-refractivity contribution is 0.356. The lowest BCUT2D eigenvalue weighted by Crippen LogP contribution is -2.18. The molecule has 2 rings (SSSR count). The summed E-state index contributed by atoms with van der Waals surface area (Å²) in [5.41, 5.74) is 8.51. The highest BCUT2D eigenvalue weighted by Crippen LogP contribution is 2.27. The van der Waals surface area contributed by atoms with Gasteiger partial charge >= 0.3 is 0 Å². The Morgan fingerprint density at radius 3 is 2.88 bits per heavy atom. The molecule has 0 aliphatic carbocycles. The fourth-order valence-corrected chi connectivity index (χ4v) is 2.31. The molecular formula is C15H23NO. The first-order chi connectivity index (χ1) is 8.20. The number of fused-ring (bicyclic) bond motifs is 1. The van der Waals surface area contributed by atoms with Crippen LogP contribution in [0.1, 0.15) is 31.4 Å². The van der Waals surface area contributed by atoms with Crippen LogP contribution in [0.25, 0.3) is 0 Å². The Labute approximate surface area is 104 Å². The van der Waals surface area contributed by atoms with Gasteiger partial charge in [-0.1, -0.05) is 26.0 Å². The molecule has 2 unspecified atom stereocenters. The van der Waals surface area contributed by atoms with E-state index in [1.165, 1.54) is 17.5 Å². The molecule has 1 aliphatic rings. The lowest BCUT2D eigenvalue weighted by atomic mass is 9.90. The van der Waals surface area contributed by atoms with E-state index in [9.17, 15) is 0 Å². The van der Waals surface area contributed by atoms with Gasteiger partial charge in [0, 0.05) is 6.42 Å². The molecule has 94 valence electrons. The summed E-state index contributed by atoms with van der Waals surface area (Å²) in [4.78, 5) is 0. The normalized spacial score (nSPS) is 17.4. The van der Waals surface area contributed by atoms with Gasteiger partial charge in [0.2, 0.25) is 0 Å². The highest BCUT2D eigenvalue weighted by atomic mass is 16.5. The standard InChI is InChI=1S/C15H23NO/c1-11(12(2)10-16)3-4-13-5-6-15-14(9-13)7-8-17-15/h5-6,9,11-12H,3-4,7-8,10,16H2,1-2H3. The van der Waals surface area contributed by atoms with Gasteiger partial charge in [-0.25, -0.2) is 0 Å². The largest absolute Gasteiger partial charge is 0.493 e. The first kappa shape index (κ1) is 12.4. The Kier molecular flexibility index (Phi) is 4.06. The highest BCUT2D eigenvalue weighted by molar-refractivity contribution is 5.39. The van der Waals surface area contributed by atoms with E-state index in [1.807, 2.05) is 0 Å². The summed E-state index contributed by atoms with van der Waals surface area (Å²) in [5, 5.41) is 0. The molecule has 1 heterocycles. The Morgan fingerprint density at radius 2 is 2.12 bits per heavy atom. The molecule has 2 heteroatoms. The summed E-state index contributed by atoms with van der Waals surface area (Å²) in [6.45, 7) is 6.17. The van der Waals surface area contributed by atoms with Gasteiger partial charge in [-0.15, -0.1) is 0 Å². The van der Waals surface area contributed by atoms with Crippen LogP contribution in [0.4, 0.5) is 0 Å². The van der Waals surface area contributed by atoms with Crippen molar-refractivity contribution in [1.29, 1.82) is 0 Å². The number of ether oxygens (including phenoxy) is 1. The number of benzene rings is 1. The average molecular weight is 233 g/mol. The zero-order chi connectivity index (χ0) is 12.3. The molecule has 1 aromatic carbocycles. The zero-order valence-corrected chi connectivity index (χ0v) is 10.9. The number of rotatable bonds is 5. The second-order valence-electron chi connectivity index (χ2n) is 5.27. The Bertz CT molecular complexity index is 375. The Morgan fingerprint density at radius 1 is 1.29 bits per heavy atom. The second-order valence-corrected chi connectivity index (χ2v) is 5.27. The van der Waals surface area contributed by atoms with Crippen molar-refractivity contribution in [2.75, 3.05) is 13.2 Å². The van der Waals surface area contributed by atoms with Crippen LogP contribution in [0.15, 0.2) is 18.2 Å². The molecule has 0 saturated carbocycles. The molecule has 2 atom stereocenters. The predicted octanol–water partition coefficient (Wildman–Crippen LogP) is 2.79. The third-order valence-electron chi connectivity index (χ3n) is 3.99. The van der Waals surface area contributed by atoms with Crippen LogP contribution in [0.2, 0.25) is 0 Å². The van der Waals surface area contributed by atoms with Crippen molar-refractivity contribution in [3.05, 3.63) is 29.3 Å². The summed E-state index contributed by atoms with van der Waals surface area (Å²) in [5.74, 6) is 2.40. The molecule has 0 fully saturated rings. The van der Waals surface area contributed by atoms with Crippen molar-refractivity contribution in [3.8, 4) is 5.75 Å². The minimum Gasteiger partial charge on any atom is -0.493 e. The van der Waals surface area contributed by atoms with Crippen molar-refractivity contribution in [3.63, 3.8) is 0 Å². The van der Waals surface area contributed by atoms with Crippen molar-refractivity contribution in [2.24, 2.45) is 17.6 Å². The first-order valence-corrected chi connectivity index (χ1v) is 6.65. The van der Waals surface area contributed by atoms with E-state index in [2.05, 4.69) is 32.0 Å². The van der Waals surface area contributed by atoms with Crippen molar-refractivity contribution < 1.29 is 4.74 Å². The Hall–Kier alpha value is -1.02. The van der Waals surface area contributed by atoms with Crippen molar-refractivity contribution in [1.82, 2.24) is 0 Å². The molecule has 17 heavy (non-hydrogen) atoms. The molecule has 0 radical (unpaired) electrons. The van der Waals surface area contributed by atoms with Crippen LogP contribution in [0, 0.1) is 11.8 Å². The van der Waals surface area contributed by atoms with E-state index in [0.717, 1.165) is 31.7 Å². The summed E-state index contributed by atoms with van der Waals surface area (Å²) in [6.07, 6.45) is 3.44. The summed E-state index contributed by atoms with van der Waals surface area (Å²) >= 11 is 0. The van der Waals surface area contributed by atoms with Crippen LogP contribution in [-0.2, 0) is 12.8 Å². The first-order valence-electron chi connectivity index (χ1n) is 6.65. The molecule has 0 aromatic heterocycles. The van der Waals surface area contributed by atoms with Crippen LogP contribution < -0.4 is 10.5 Å². The average Bonchev–Trinajstić information content (AvgIpc) is 2.82. The quantitative estimate of drug-likeness (QED) is 0.848. The number of aryl methyl sites for hydroxylation is 1. The zero-order valence-electron chi connectivity index (χ0n) is 10.9. The minimum absolute atomic E-state index is 0.618. The molecule has 0 spiro atoms. The van der Waals surface area contributed by atoms with E-state index in [4.69, 9.17) is 10.5 Å². The van der Waals surface area contributed by atoms with E-state index in [-0.39, 0.29) is 0 Å². The summed E-state index contributed by atoms with van der Waals surface area (Å²) in [6, 6.07) is 6.63. The number of nitrogens with two attached hydrogens (primary N) is 1. The van der Waals surface area contributed by atoms with Gasteiger partial charge in [-0.05, 0) is 48.4 Å². The van der Waals surface area contributed by atoms with E-state index < -0.39 is 0 Å². The fraction of sp³-hybridized carbons (Fsp3) is 0.600. The second kappa shape index (κ2) is 5.54.